The van der Waals surface area contributed by atoms with Gasteiger partial charge in [-0.15, -0.1) is 0 Å². The summed E-state index contributed by atoms with van der Waals surface area (Å²) >= 11 is 1.07. The number of hydrogen-bond donors (Lipinski definition) is 1. The van der Waals surface area contributed by atoms with Gasteiger partial charge in [-0.3, -0.25) is 0 Å². The van der Waals surface area contributed by atoms with Crippen LogP contribution in [0.3, 0.4) is 0 Å². The first-order chi connectivity index (χ1) is 10.6. The largest absolute Gasteiger partial charge is 0.476 e. The maximum atomic E-state index is 11.2. The molecular weight excluding hydrogens is 300 g/mol. The SMILES string of the molecule is CC1Cc2ccccc2N1c1ncnc2sc(C(=O)O)nc12. The van der Waals surface area contributed by atoms with Gasteiger partial charge in [-0.05, 0) is 25.0 Å². The average molecular weight is 312 g/mol. The van der Waals surface area contributed by atoms with Gasteiger partial charge < -0.3 is 10.0 Å². The summed E-state index contributed by atoms with van der Waals surface area (Å²) in [5, 5.41) is 9.18. The van der Waals surface area contributed by atoms with Crippen molar-refractivity contribution >= 4 is 39.2 Å². The number of benzene rings is 1. The third-order valence-electron chi connectivity index (χ3n) is 3.79. The highest BCUT2D eigenvalue weighted by atomic mass is 32.1. The van der Waals surface area contributed by atoms with Crippen LogP contribution < -0.4 is 4.90 Å². The third kappa shape index (κ3) is 1.86. The van der Waals surface area contributed by atoms with Crippen molar-refractivity contribution in [2.24, 2.45) is 0 Å². The number of aromatic carboxylic acids is 1. The lowest BCUT2D eigenvalue weighted by molar-refractivity contribution is 0.0696. The number of fused-ring (bicyclic) bond motifs is 2. The molecule has 7 heteroatoms. The van der Waals surface area contributed by atoms with E-state index < -0.39 is 5.97 Å². The second kappa shape index (κ2) is 4.74. The molecule has 0 spiro atoms. The first kappa shape index (κ1) is 13.1. The molecule has 0 fully saturated rings. The Hall–Kier alpha value is -2.54. The van der Waals surface area contributed by atoms with Gasteiger partial charge in [0.15, 0.2) is 5.82 Å². The Labute approximate surface area is 130 Å². The predicted molar refractivity (Wildman–Crippen MR) is 83.9 cm³/mol. The fraction of sp³-hybridized carbons (Fsp3) is 0.200. The molecule has 1 atom stereocenters. The number of anilines is 2. The van der Waals surface area contributed by atoms with Gasteiger partial charge in [-0.25, -0.2) is 19.7 Å². The third-order valence-corrected chi connectivity index (χ3v) is 4.75. The number of carboxylic acid groups (broad SMARTS) is 1. The molecule has 1 aliphatic rings. The predicted octanol–water partition coefficient (Wildman–Crippen LogP) is 2.87. The number of rotatable bonds is 2. The van der Waals surface area contributed by atoms with Crippen LogP contribution in [-0.4, -0.2) is 32.1 Å². The number of thiazole rings is 1. The molecule has 0 saturated heterocycles. The van der Waals surface area contributed by atoms with Crippen LogP contribution in [0.4, 0.5) is 11.5 Å². The van der Waals surface area contributed by atoms with E-state index in [4.69, 9.17) is 5.11 Å². The van der Waals surface area contributed by atoms with Crippen molar-refractivity contribution in [1.29, 1.82) is 0 Å². The summed E-state index contributed by atoms with van der Waals surface area (Å²) in [6.45, 7) is 2.12. The number of carboxylic acids is 1. The number of para-hydroxylation sites is 1. The molecule has 1 aliphatic heterocycles. The Balaban J connectivity index is 1.93. The highest BCUT2D eigenvalue weighted by Crippen LogP contribution is 2.40. The van der Waals surface area contributed by atoms with Gasteiger partial charge in [0.05, 0.1) is 0 Å². The maximum Gasteiger partial charge on any atom is 0.365 e. The molecule has 1 unspecified atom stereocenters. The van der Waals surface area contributed by atoms with Gasteiger partial charge in [0.1, 0.15) is 16.7 Å². The van der Waals surface area contributed by atoms with Gasteiger partial charge in [0, 0.05) is 11.7 Å². The quantitative estimate of drug-likeness (QED) is 0.784. The number of carbonyl (C=O) groups is 1. The summed E-state index contributed by atoms with van der Waals surface area (Å²) in [7, 11) is 0. The van der Waals surface area contributed by atoms with Crippen molar-refractivity contribution in [1.82, 2.24) is 15.0 Å². The van der Waals surface area contributed by atoms with E-state index >= 15 is 0 Å². The van der Waals surface area contributed by atoms with Crippen molar-refractivity contribution < 1.29 is 9.90 Å². The van der Waals surface area contributed by atoms with Crippen molar-refractivity contribution in [2.75, 3.05) is 4.90 Å². The van der Waals surface area contributed by atoms with E-state index in [1.165, 1.54) is 11.9 Å². The molecule has 2 aromatic heterocycles. The average Bonchev–Trinajstić information content (AvgIpc) is 3.07. The Morgan fingerprint density at radius 3 is 3.00 bits per heavy atom. The Kier molecular flexibility index (Phi) is 2.83. The molecule has 22 heavy (non-hydrogen) atoms. The van der Waals surface area contributed by atoms with Crippen LogP contribution in [0.5, 0.6) is 0 Å². The molecule has 1 N–H and O–H groups in total. The van der Waals surface area contributed by atoms with Crippen LogP contribution in [0, 0.1) is 0 Å². The minimum Gasteiger partial charge on any atom is -0.476 e. The van der Waals surface area contributed by atoms with Crippen LogP contribution in [0.1, 0.15) is 22.3 Å². The summed E-state index contributed by atoms with van der Waals surface area (Å²) in [6.07, 6.45) is 2.40. The highest BCUT2D eigenvalue weighted by Gasteiger charge is 2.30. The zero-order valence-corrected chi connectivity index (χ0v) is 12.5. The molecule has 0 saturated carbocycles. The molecule has 0 aliphatic carbocycles. The Morgan fingerprint density at radius 2 is 2.18 bits per heavy atom. The normalized spacial score (nSPS) is 17.0. The van der Waals surface area contributed by atoms with Crippen molar-refractivity contribution in [2.45, 2.75) is 19.4 Å². The summed E-state index contributed by atoms with van der Waals surface area (Å²) in [5.41, 5.74) is 2.91. The number of nitrogens with zero attached hydrogens (tertiary/aromatic N) is 4. The fourth-order valence-corrected chi connectivity index (χ4v) is 3.64. The number of hydrogen-bond acceptors (Lipinski definition) is 6. The standard InChI is InChI=1S/C15H12N4O2S/c1-8-6-9-4-2-3-5-10(9)19(8)12-11-13(17-7-16-12)22-14(18-11)15(20)21/h2-5,7-8H,6H2,1H3,(H,20,21). The van der Waals surface area contributed by atoms with E-state index in [9.17, 15) is 4.79 Å². The Bertz CT molecular complexity index is 892. The van der Waals surface area contributed by atoms with Crippen LogP contribution in [0.25, 0.3) is 10.3 Å². The van der Waals surface area contributed by atoms with E-state index in [1.807, 2.05) is 12.1 Å². The topological polar surface area (TPSA) is 79.2 Å². The molecule has 3 aromatic rings. The van der Waals surface area contributed by atoms with E-state index in [0.717, 1.165) is 23.4 Å². The Morgan fingerprint density at radius 1 is 1.36 bits per heavy atom. The van der Waals surface area contributed by atoms with Crippen LogP contribution in [0.15, 0.2) is 30.6 Å². The lowest BCUT2D eigenvalue weighted by Crippen LogP contribution is -2.25. The van der Waals surface area contributed by atoms with Crippen LogP contribution in [-0.2, 0) is 6.42 Å². The summed E-state index contributed by atoms with van der Waals surface area (Å²) in [6, 6.07) is 8.41. The van der Waals surface area contributed by atoms with Crippen molar-refractivity contribution in [3.05, 3.63) is 41.2 Å². The van der Waals surface area contributed by atoms with Crippen molar-refractivity contribution in [3.63, 3.8) is 0 Å². The second-order valence-corrected chi connectivity index (χ2v) is 6.20. The second-order valence-electron chi connectivity index (χ2n) is 5.23. The van der Waals surface area contributed by atoms with Gasteiger partial charge >= 0.3 is 5.97 Å². The smallest absolute Gasteiger partial charge is 0.365 e. The van der Waals surface area contributed by atoms with E-state index in [0.29, 0.717) is 16.2 Å². The molecule has 3 heterocycles. The van der Waals surface area contributed by atoms with E-state index in [-0.39, 0.29) is 11.0 Å². The monoisotopic (exact) mass is 312 g/mol. The highest BCUT2D eigenvalue weighted by molar-refractivity contribution is 7.19. The van der Waals surface area contributed by atoms with Crippen molar-refractivity contribution in [3.8, 4) is 0 Å². The van der Waals surface area contributed by atoms with Crippen LogP contribution in [0.2, 0.25) is 0 Å². The maximum absolute atomic E-state index is 11.2. The van der Waals surface area contributed by atoms with E-state index in [1.54, 1.807) is 0 Å². The number of aromatic nitrogens is 3. The summed E-state index contributed by atoms with van der Waals surface area (Å²) in [4.78, 5) is 26.6. The molecule has 0 amide bonds. The summed E-state index contributed by atoms with van der Waals surface area (Å²) in [5.74, 6) is -0.366. The zero-order chi connectivity index (χ0) is 15.3. The lowest BCUT2D eigenvalue weighted by Gasteiger charge is -2.23. The molecule has 4 rings (SSSR count). The lowest BCUT2D eigenvalue weighted by atomic mass is 10.1. The molecular formula is C15H12N4O2S. The van der Waals surface area contributed by atoms with Gasteiger partial charge in [-0.2, -0.15) is 0 Å². The minimum atomic E-state index is -1.04. The van der Waals surface area contributed by atoms with Gasteiger partial charge in [-0.1, -0.05) is 29.5 Å². The molecule has 110 valence electrons. The molecule has 6 nitrogen and oxygen atoms in total. The molecule has 1 aromatic carbocycles. The van der Waals surface area contributed by atoms with Gasteiger partial charge in [0.2, 0.25) is 5.01 Å². The van der Waals surface area contributed by atoms with E-state index in [2.05, 4.69) is 38.9 Å². The van der Waals surface area contributed by atoms with Crippen LogP contribution >= 0.6 is 11.3 Å². The first-order valence-electron chi connectivity index (χ1n) is 6.87. The fourth-order valence-electron chi connectivity index (χ4n) is 2.90. The molecule has 0 radical (unpaired) electrons. The molecule has 0 bridgehead atoms. The zero-order valence-electron chi connectivity index (χ0n) is 11.7. The van der Waals surface area contributed by atoms with Gasteiger partial charge in [0.25, 0.3) is 0 Å². The summed E-state index contributed by atoms with van der Waals surface area (Å²) < 4.78 is 0. The minimum absolute atomic E-state index is 0.0388. The first-order valence-corrected chi connectivity index (χ1v) is 7.69.